The molecule has 1 amide bonds. The molecule has 0 saturated carbocycles. The molecule has 3 heterocycles. The van der Waals surface area contributed by atoms with Gasteiger partial charge in [-0.1, -0.05) is 11.6 Å². The van der Waals surface area contributed by atoms with Crippen LogP contribution >= 0.6 is 22.9 Å². The number of rotatable bonds is 6. The fourth-order valence-electron chi connectivity index (χ4n) is 2.49. The molecule has 0 aliphatic rings. The maximum atomic E-state index is 12.3. The van der Waals surface area contributed by atoms with Gasteiger partial charge in [0, 0.05) is 16.5 Å². The van der Waals surface area contributed by atoms with E-state index in [4.69, 9.17) is 20.8 Å². The molecule has 3 aromatic heterocycles. The smallest absolute Gasteiger partial charge is 0.263 e. The predicted octanol–water partition coefficient (Wildman–Crippen LogP) is 4.57. The van der Waals surface area contributed by atoms with Gasteiger partial charge in [0.2, 0.25) is 5.13 Å². The fraction of sp³-hybridized carbons (Fsp3) is 0.105. The zero-order valence-electron chi connectivity index (χ0n) is 14.8. The van der Waals surface area contributed by atoms with Gasteiger partial charge in [-0.15, -0.1) is 11.3 Å². The Morgan fingerprint density at radius 2 is 2.14 bits per heavy atom. The molecular weight excluding hydrogens is 400 g/mol. The van der Waals surface area contributed by atoms with Crippen molar-refractivity contribution in [1.29, 1.82) is 0 Å². The van der Waals surface area contributed by atoms with E-state index >= 15 is 0 Å². The van der Waals surface area contributed by atoms with Crippen LogP contribution in [0.1, 0.15) is 5.69 Å². The summed E-state index contributed by atoms with van der Waals surface area (Å²) in [6, 6.07) is 12.2. The van der Waals surface area contributed by atoms with Crippen molar-refractivity contribution in [3.8, 4) is 22.3 Å². The molecule has 0 spiro atoms. The number of hydrogen-bond acceptors (Lipinski definition) is 6. The molecular formula is C19H15ClN4O3S. The van der Waals surface area contributed by atoms with Crippen molar-refractivity contribution in [3.63, 3.8) is 0 Å². The lowest BCUT2D eigenvalue weighted by Gasteiger charge is -2.08. The number of carbonyl (C=O) groups excluding carboxylic acids is 1. The third-order valence-electron chi connectivity index (χ3n) is 3.73. The van der Waals surface area contributed by atoms with Gasteiger partial charge in [-0.3, -0.25) is 4.79 Å². The van der Waals surface area contributed by atoms with Crippen LogP contribution in [0.2, 0.25) is 5.02 Å². The van der Waals surface area contributed by atoms with Gasteiger partial charge in [0.25, 0.3) is 5.91 Å². The van der Waals surface area contributed by atoms with Crippen molar-refractivity contribution in [2.24, 2.45) is 0 Å². The lowest BCUT2D eigenvalue weighted by molar-refractivity contribution is -0.118. The molecule has 0 radical (unpaired) electrons. The molecule has 0 bridgehead atoms. The summed E-state index contributed by atoms with van der Waals surface area (Å²) in [5.41, 5.74) is 1.46. The molecule has 0 saturated heterocycles. The average Bonchev–Trinajstić information content (AvgIpc) is 3.41. The Morgan fingerprint density at radius 1 is 1.32 bits per heavy atom. The lowest BCUT2D eigenvalue weighted by Crippen LogP contribution is -2.21. The molecule has 1 N–H and O–H groups in total. The van der Waals surface area contributed by atoms with E-state index in [1.165, 1.54) is 11.3 Å². The number of furan rings is 1. The van der Waals surface area contributed by atoms with E-state index in [2.05, 4.69) is 15.4 Å². The number of halogens is 1. The number of ether oxygens (including phenoxy) is 1. The molecule has 1 aromatic carbocycles. The van der Waals surface area contributed by atoms with Crippen LogP contribution in [0.25, 0.3) is 16.6 Å². The zero-order chi connectivity index (χ0) is 19.5. The number of carbonyl (C=O) groups is 1. The third-order valence-corrected chi connectivity index (χ3v) is 4.80. The van der Waals surface area contributed by atoms with Crippen LogP contribution in [0, 0.1) is 6.92 Å². The van der Waals surface area contributed by atoms with Crippen molar-refractivity contribution in [2.75, 3.05) is 11.9 Å². The zero-order valence-corrected chi connectivity index (χ0v) is 16.3. The minimum Gasteiger partial charge on any atom is -0.484 e. The molecule has 4 aromatic rings. The second kappa shape index (κ2) is 7.87. The number of nitrogens with one attached hydrogen (secondary N) is 1. The lowest BCUT2D eigenvalue weighted by atomic mass is 10.3. The van der Waals surface area contributed by atoms with Crippen molar-refractivity contribution in [2.45, 2.75) is 6.92 Å². The van der Waals surface area contributed by atoms with Crippen LogP contribution in [0.15, 0.2) is 58.5 Å². The van der Waals surface area contributed by atoms with E-state index in [1.807, 2.05) is 18.4 Å². The summed E-state index contributed by atoms with van der Waals surface area (Å²) in [5, 5.41) is 10.3. The van der Waals surface area contributed by atoms with Gasteiger partial charge in [-0.2, -0.15) is 9.78 Å². The summed E-state index contributed by atoms with van der Waals surface area (Å²) in [5.74, 6) is 1.45. The van der Waals surface area contributed by atoms with Crippen molar-refractivity contribution in [3.05, 3.63) is 64.8 Å². The quantitative estimate of drug-likeness (QED) is 0.499. The van der Waals surface area contributed by atoms with Crippen LogP contribution in [-0.2, 0) is 4.79 Å². The summed E-state index contributed by atoms with van der Waals surface area (Å²) in [6.45, 7) is 1.71. The highest BCUT2D eigenvalue weighted by atomic mass is 35.5. The number of amides is 1. The minimum absolute atomic E-state index is 0.138. The Labute approximate surface area is 169 Å². The topological polar surface area (TPSA) is 82.2 Å². The normalized spacial score (nSPS) is 10.8. The first-order valence-electron chi connectivity index (χ1n) is 8.33. The number of thiazole rings is 1. The second-order valence-corrected chi connectivity index (χ2v) is 7.14. The van der Waals surface area contributed by atoms with Crippen molar-refractivity contribution >= 4 is 34.7 Å². The second-order valence-electron chi connectivity index (χ2n) is 5.87. The van der Waals surface area contributed by atoms with Gasteiger partial charge in [-0.05, 0) is 43.3 Å². The largest absolute Gasteiger partial charge is 0.484 e. The number of nitrogens with zero attached hydrogens (tertiary/aromatic N) is 3. The number of benzene rings is 1. The molecule has 0 aliphatic carbocycles. The molecule has 0 unspecified atom stereocenters. The predicted molar refractivity (Wildman–Crippen MR) is 107 cm³/mol. The summed E-state index contributed by atoms with van der Waals surface area (Å²) < 4.78 is 12.4. The number of hydrogen-bond donors (Lipinski definition) is 1. The van der Waals surface area contributed by atoms with Crippen LogP contribution in [0.5, 0.6) is 5.75 Å². The first-order chi connectivity index (χ1) is 13.6. The maximum Gasteiger partial charge on any atom is 0.263 e. The summed E-state index contributed by atoms with van der Waals surface area (Å²) in [7, 11) is 0. The van der Waals surface area contributed by atoms with Crippen molar-refractivity contribution < 1.29 is 13.9 Å². The third kappa shape index (κ3) is 4.08. The van der Waals surface area contributed by atoms with Crippen LogP contribution in [-0.4, -0.2) is 27.3 Å². The maximum absolute atomic E-state index is 12.3. The van der Waals surface area contributed by atoms with E-state index in [0.717, 1.165) is 5.69 Å². The Hall–Kier alpha value is -3.10. The van der Waals surface area contributed by atoms with E-state index in [-0.39, 0.29) is 12.5 Å². The van der Waals surface area contributed by atoms with Gasteiger partial charge < -0.3 is 14.5 Å². The van der Waals surface area contributed by atoms with Crippen molar-refractivity contribution in [1.82, 2.24) is 14.8 Å². The minimum atomic E-state index is -0.307. The molecule has 4 rings (SSSR count). The average molecular weight is 415 g/mol. The Balaban J connectivity index is 1.47. The molecule has 0 atom stereocenters. The summed E-state index contributed by atoms with van der Waals surface area (Å²) in [4.78, 5) is 16.8. The van der Waals surface area contributed by atoms with Crippen LogP contribution < -0.4 is 10.1 Å². The van der Waals surface area contributed by atoms with Gasteiger partial charge in [0.05, 0.1) is 12.0 Å². The van der Waals surface area contributed by atoms with Crippen LogP contribution in [0.3, 0.4) is 0 Å². The van der Waals surface area contributed by atoms with E-state index in [1.54, 1.807) is 47.3 Å². The van der Waals surface area contributed by atoms with Gasteiger partial charge in [-0.25, -0.2) is 4.98 Å². The Kier molecular flexibility index (Phi) is 5.14. The monoisotopic (exact) mass is 414 g/mol. The summed E-state index contributed by atoms with van der Waals surface area (Å²) >= 11 is 7.24. The molecule has 7 nitrogen and oxygen atoms in total. The molecule has 142 valence electrons. The SMILES string of the molecule is Cc1cc(NC(=O)COc2ccc(Cl)cc2)n(-c2nc(-c3ccco3)cs2)n1. The molecule has 9 heteroatoms. The number of aromatic nitrogens is 3. The van der Waals surface area contributed by atoms with Gasteiger partial charge >= 0.3 is 0 Å². The number of anilines is 1. The van der Waals surface area contributed by atoms with E-state index < -0.39 is 0 Å². The van der Waals surface area contributed by atoms with E-state index in [0.29, 0.717) is 33.2 Å². The fourth-order valence-corrected chi connectivity index (χ4v) is 3.39. The highest BCUT2D eigenvalue weighted by Gasteiger charge is 2.15. The molecule has 0 fully saturated rings. The van der Waals surface area contributed by atoms with Crippen LogP contribution in [0.4, 0.5) is 5.82 Å². The highest BCUT2D eigenvalue weighted by Crippen LogP contribution is 2.26. The highest BCUT2D eigenvalue weighted by molar-refractivity contribution is 7.12. The van der Waals surface area contributed by atoms with Gasteiger partial charge in [0.1, 0.15) is 17.3 Å². The van der Waals surface area contributed by atoms with E-state index in [9.17, 15) is 4.79 Å². The first kappa shape index (κ1) is 18.3. The number of aryl methyl sites for hydroxylation is 1. The summed E-state index contributed by atoms with van der Waals surface area (Å²) in [6.07, 6.45) is 1.60. The Bertz CT molecular complexity index is 1090. The Morgan fingerprint density at radius 3 is 2.89 bits per heavy atom. The first-order valence-corrected chi connectivity index (χ1v) is 9.59. The standard InChI is InChI=1S/C19H15ClN4O3S/c1-12-9-17(22-18(25)10-27-14-6-4-13(20)5-7-14)24(23-12)19-21-15(11-28-19)16-3-2-8-26-16/h2-9,11H,10H2,1H3,(H,22,25). The molecule has 28 heavy (non-hydrogen) atoms. The molecule has 0 aliphatic heterocycles. The van der Waals surface area contributed by atoms with Gasteiger partial charge in [0.15, 0.2) is 12.4 Å².